The molecule has 0 radical (unpaired) electrons. The summed E-state index contributed by atoms with van der Waals surface area (Å²) < 4.78 is 57.2. The molecule has 0 aliphatic heterocycles. The van der Waals surface area contributed by atoms with Gasteiger partial charge in [0.05, 0.1) is 25.9 Å². The maximum absolute atomic E-state index is 14.1. The Hall–Kier alpha value is -0.706. The molecule has 0 aliphatic rings. The highest BCUT2D eigenvalue weighted by molar-refractivity contribution is 7.28. The van der Waals surface area contributed by atoms with E-state index in [9.17, 15) is 17.6 Å². The fourth-order valence-corrected chi connectivity index (χ4v) is 8.22. The van der Waals surface area contributed by atoms with Gasteiger partial charge >= 0.3 is 0 Å². The lowest BCUT2D eigenvalue weighted by atomic mass is 10.3. The smallest absolute Gasteiger partial charge is 0.176 e. The van der Waals surface area contributed by atoms with E-state index in [0.29, 0.717) is 9.00 Å². The van der Waals surface area contributed by atoms with Gasteiger partial charge in [0.1, 0.15) is 0 Å². The van der Waals surface area contributed by atoms with Crippen LogP contribution in [0.1, 0.15) is 9.75 Å². The summed E-state index contributed by atoms with van der Waals surface area (Å²) in [7, 11) is -3.99. The second-order valence-electron chi connectivity index (χ2n) is 7.68. The highest BCUT2D eigenvalue weighted by Crippen LogP contribution is 2.27. The van der Waals surface area contributed by atoms with Crippen molar-refractivity contribution in [2.45, 2.75) is 39.3 Å². The second kappa shape index (κ2) is 6.55. The van der Waals surface area contributed by atoms with E-state index in [0.717, 1.165) is 22.7 Å². The fourth-order valence-electron chi connectivity index (χ4n) is 2.15. The number of halogens is 4. The topological polar surface area (TPSA) is 0 Å². The summed E-state index contributed by atoms with van der Waals surface area (Å²) in [4.78, 5) is 0.236. The van der Waals surface area contributed by atoms with Gasteiger partial charge in [-0.15, -0.1) is 22.7 Å². The lowest BCUT2D eigenvalue weighted by Crippen LogP contribution is -2.37. The zero-order valence-electron chi connectivity index (χ0n) is 14.5. The molecule has 0 aromatic carbocycles. The van der Waals surface area contributed by atoms with Crippen molar-refractivity contribution in [1.82, 2.24) is 0 Å². The number of hydrogen-bond acceptors (Lipinski definition) is 2. The molecule has 0 saturated carbocycles. The van der Waals surface area contributed by atoms with Crippen LogP contribution in [0.3, 0.4) is 0 Å². The number of rotatable bonds is 4. The molecule has 0 saturated heterocycles. The van der Waals surface area contributed by atoms with Crippen molar-refractivity contribution < 1.29 is 17.6 Å². The van der Waals surface area contributed by atoms with Gasteiger partial charge in [-0.3, -0.25) is 0 Å². The zero-order chi connectivity index (χ0) is 18.4. The number of hydrogen-bond donors (Lipinski definition) is 0. The van der Waals surface area contributed by atoms with E-state index in [2.05, 4.69) is 0 Å². The summed E-state index contributed by atoms with van der Waals surface area (Å²) in [5.74, 6) is -3.42. The Morgan fingerprint density at radius 2 is 0.875 bits per heavy atom. The zero-order valence-corrected chi connectivity index (χ0v) is 18.1. The van der Waals surface area contributed by atoms with Crippen molar-refractivity contribution in [2.75, 3.05) is 0 Å². The van der Waals surface area contributed by atoms with Gasteiger partial charge in [0.2, 0.25) is 0 Å². The third-order valence-electron chi connectivity index (χ3n) is 3.39. The summed E-state index contributed by atoms with van der Waals surface area (Å²) in [6, 6.07) is 0. The summed E-state index contributed by atoms with van der Waals surface area (Å²) >= 11 is 2.11. The van der Waals surface area contributed by atoms with Crippen LogP contribution in [-0.4, -0.2) is 16.1 Å². The van der Waals surface area contributed by atoms with Gasteiger partial charge in [-0.2, -0.15) is 0 Å². The highest BCUT2D eigenvalue weighted by Gasteiger charge is 2.29. The Kier molecular flexibility index (Phi) is 5.35. The molecule has 0 amide bonds. The van der Waals surface area contributed by atoms with Crippen LogP contribution in [0.25, 0.3) is 12.2 Å². The molecule has 8 heteroatoms. The predicted octanol–water partition coefficient (Wildman–Crippen LogP) is 5.63. The van der Waals surface area contributed by atoms with Gasteiger partial charge in [-0.05, 0) is 12.2 Å². The Balaban J connectivity index is 2.43. The van der Waals surface area contributed by atoms with E-state index < -0.39 is 39.4 Å². The lowest BCUT2D eigenvalue weighted by Gasteiger charge is -2.12. The van der Waals surface area contributed by atoms with E-state index in [1.807, 2.05) is 39.3 Å². The third kappa shape index (κ3) is 3.76. The van der Waals surface area contributed by atoms with Crippen LogP contribution in [-0.2, 0) is 0 Å². The van der Waals surface area contributed by atoms with Crippen molar-refractivity contribution in [3.05, 3.63) is 33.0 Å². The molecule has 0 bridgehead atoms. The lowest BCUT2D eigenvalue weighted by molar-refractivity contribution is 0.518. The van der Waals surface area contributed by atoms with Gasteiger partial charge < -0.3 is 0 Å². The molecule has 2 aromatic heterocycles. The molecular weight excluding hydrogens is 388 g/mol. The first kappa shape index (κ1) is 19.6. The minimum Gasteiger partial charge on any atom is -0.203 e. The average Bonchev–Trinajstić information content (AvgIpc) is 2.88. The first-order valence-electron chi connectivity index (χ1n) is 7.48. The van der Waals surface area contributed by atoms with Crippen molar-refractivity contribution in [2.24, 2.45) is 0 Å². The Morgan fingerprint density at radius 3 is 1.08 bits per heavy atom. The standard InChI is InChI=1S/C16H20F4S2Si2/c1-23(2,3)15-13(19)11(17)9(21-15)7-8-10-12(18)14(20)16(22-10)24(4,5)6/h7-8H,1-6H3/b8-7+. The van der Waals surface area contributed by atoms with Crippen LogP contribution >= 0.6 is 22.7 Å². The molecule has 0 aliphatic carbocycles. The largest absolute Gasteiger partial charge is 0.203 e. The minimum absolute atomic E-state index is 0.118. The third-order valence-corrected chi connectivity index (χ3v) is 12.7. The number of thiophene rings is 2. The van der Waals surface area contributed by atoms with Crippen molar-refractivity contribution >= 4 is 60.0 Å². The first-order valence-corrected chi connectivity index (χ1v) is 16.1. The van der Waals surface area contributed by atoms with Gasteiger partial charge in [0, 0.05) is 9.00 Å². The molecule has 0 N–H and O–H groups in total. The van der Waals surface area contributed by atoms with Gasteiger partial charge in [-0.25, -0.2) is 17.6 Å². The van der Waals surface area contributed by atoms with Crippen LogP contribution in [0.4, 0.5) is 17.6 Å². The second-order valence-corrected chi connectivity index (χ2v) is 20.5. The summed E-state index contributed by atoms with van der Waals surface area (Å²) in [6.45, 7) is 11.6. The molecule has 24 heavy (non-hydrogen) atoms. The molecule has 0 unspecified atom stereocenters. The van der Waals surface area contributed by atoms with Crippen molar-refractivity contribution in [3.63, 3.8) is 0 Å². The molecule has 132 valence electrons. The average molecular weight is 409 g/mol. The fraction of sp³-hybridized carbons (Fsp3) is 0.375. The van der Waals surface area contributed by atoms with Crippen molar-refractivity contribution in [3.8, 4) is 0 Å². The van der Waals surface area contributed by atoms with Gasteiger partial charge in [-0.1, -0.05) is 39.3 Å². The van der Waals surface area contributed by atoms with E-state index in [4.69, 9.17) is 0 Å². The first-order chi connectivity index (χ1) is 10.8. The molecule has 0 nitrogen and oxygen atoms in total. The van der Waals surface area contributed by atoms with Crippen LogP contribution in [0.2, 0.25) is 39.3 Å². The summed E-state index contributed by atoms with van der Waals surface area (Å²) in [6.07, 6.45) is 2.68. The molecule has 2 heterocycles. The van der Waals surface area contributed by atoms with E-state index in [1.165, 1.54) is 12.2 Å². The van der Waals surface area contributed by atoms with Crippen LogP contribution in [0.15, 0.2) is 0 Å². The van der Waals surface area contributed by atoms with Gasteiger partial charge in [0.15, 0.2) is 23.3 Å². The Bertz CT molecular complexity index is 726. The Labute approximate surface area is 149 Å². The summed E-state index contributed by atoms with van der Waals surface area (Å²) in [5.41, 5.74) is 0. The monoisotopic (exact) mass is 408 g/mol. The van der Waals surface area contributed by atoms with E-state index in [1.54, 1.807) is 0 Å². The van der Waals surface area contributed by atoms with Gasteiger partial charge in [0.25, 0.3) is 0 Å². The van der Waals surface area contributed by atoms with Crippen molar-refractivity contribution in [1.29, 1.82) is 0 Å². The van der Waals surface area contributed by atoms with E-state index >= 15 is 0 Å². The van der Waals surface area contributed by atoms with E-state index in [-0.39, 0.29) is 9.75 Å². The molecule has 0 atom stereocenters. The molecule has 0 spiro atoms. The maximum Gasteiger partial charge on any atom is 0.176 e. The normalized spacial score (nSPS) is 13.2. The van der Waals surface area contributed by atoms with Crippen LogP contribution < -0.4 is 9.00 Å². The summed E-state index contributed by atoms with van der Waals surface area (Å²) in [5, 5.41) is 0. The Morgan fingerprint density at radius 1 is 0.583 bits per heavy atom. The predicted molar refractivity (Wildman–Crippen MR) is 103 cm³/mol. The van der Waals surface area contributed by atoms with Crippen LogP contribution in [0, 0.1) is 23.3 Å². The molecule has 0 fully saturated rings. The quantitative estimate of drug-likeness (QED) is 0.454. The molecule has 2 aromatic rings. The SMILES string of the molecule is C[Si](C)(C)c1sc(/C=C/c2sc([Si](C)(C)C)c(F)c2F)c(F)c1F. The molecule has 2 rings (SSSR count). The van der Waals surface area contributed by atoms with Crippen LogP contribution in [0.5, 0.6) is 0 Å². The maximum atomic E-state index is 14.1. The highest BCUT2D eigenvalue weighted by atomic mass is 32.1. The minimum atomic E-state index is -1.99. The molecular formula is C16H20F4S2Si2.